The average Bonchev–Trinajstić information content (AvgIpc) is 2.53. The zero-order valence-corrected chi connectivity index (χ0v) is 10.8. The highest BCUT2D eigenvalue weighted by Gasteiger charge is 2.07. The molecule has 4 heteroatoms. The monoisotopic (exact) mass is 235 g/mol. The van der Waals surface area contributed by atoms with Crippen molar-refractivity contribution >= 4 is 23.4 Å². The van der Waals surface area contributed by atoms with E-state index in [0.717, 1.165) is 28.9 Å². The first-order valence-corrected chi connectivity index (χ1v) is 6.04. The van der Waals surface area contributed by atoms with E-state index >= 15 is 0 Å². The maximum Gasteiger partial charge on any atom is 0.179 e. The molecule has 0 spiro atoms. The fourth-order valence-electron chi connectivity index (χ4n) is 1.77. The molecule has 2 rings (SSSR count). The number of aryl methyl sites for hydroxylation is 2. The highest BCUT2D eigenvalue weighted by atomic mass is 32.1. The van der Waals surface area contributed by atoms with Crippen molar-refractivity contribution in [2.75, 3.05) is 0 Å². The number of hydrogen-bond acceptors (Lipinski definition) is 2. The van der Waals surface area contributed by atoms with Gasteiger partial charge in [-0.1, -0.05) is 13.8 Å². The van der Waals surface area contributed by atoms with Crippen molar-refractivity contribution in [3.05, 3.63) is 22.6 Å². The van der Waals surface area contributed by atoms with Gasteiger partial charge in [0.1, 0.15) is 0 Å². The Labute approximate surface area is 101 Å². The summed E-state index contributed by atoms with van der Waals surface area (Å²) in [6.07, 6.45) is 2.96. The van der Waals surface area contributed by atoms with Crippen LogP contribution in [0.4, 0.5) is 0 Å². The number of imidazole rings is 1. The minimum absolute atomic E-state index is 0.677. The topological polar surface area (TPSA) is 33.6 Å². The first-order valence-electron chi connectivity index (χ1n) is 5.63. The van der Waals surface area contributed by atoms with E-state index in [4.69, 9.17) is 12.2 Å². The largest absolute Gasteiger partial charge is 0.329 e. The summed E-state index contributed by atoms with van der Waals surface area (Å²) < 4.78 is 2.87. The normalized spacial score (nSPS) is 11.5. The van der Waals surface area contributed by atoms with Crippen molar-refractivity contribution in [3.8, 4) is 0 Å². The molecule has 0 fully saturated rings. The van der Waals surface area contributed by atoms with E-state index in [2.05, 4.69) is 35.3 Å². The van der Waals surface area contributed by atoms with Crippen molar-refractivity contribution in [2.24, 2.45) is 5.92 Å². The molecule has 0 atom stereocenters. The molecular weight excluding hydrogens is 218 g/mol. The number of pyridine rings is 1. The van der Waals surface area contributed by atoms with Gasteiger partial charge in [-0.2, -0.15) is 0 Å². The van der Waals surface area contributed by atoms with Crippen LogP contribution in [0.25, 0.3) is 11.2 Å². The summed E-state index contributed by atoms with van der Waals surface area (Å²) in [5.74, 6) is 0.677. The van der Waals surface area contributed by atoms with Crippen LogP contribution in [-0.4, -0.2) is 14.5 Å². The Balaban J connectivity index is 2.48. The van der Waals surface area contributed by atoms with Crippen LogP contribution in [-0.2, 0) is 6.54 Å². The van der Waals surface area contributed by atoms with E-state index < -0.39 is 0 Å². The van der Waals surface area contributed by atoms with Gasteiger partial charge in [0.25, 0.3) is 0 Å². The molecule has 0 aliphatic rings. The number of hydrogen-bond donors (Lipinski definition) is 1. The third-order valence-electron chi connectivity index (χ3n) is 2.80. The van der Waals surface area contributed by atoms with E-state index in [1.165, 1.54) is 5.56 Å². The lowest BCUT2D eigenvalue weighted by molar-refractivity contribution is 0.518. The number of H-pyrrole nitrogens is 1. The maximum absolute atomic E-state index is 5.33. The van der Waals surface area contributed by atoms with Gasteiger partial charge in [-0.05, 0) is 43.1 Å². The Kier molecular flexibility index (Phi) is 3.10. The summed E-state index contributed by atoms with van der Waals surface area (Å²) in [4.78, 5) is 7.64. The van der Waals surface area contributed by atoms with Crippen molar-refractivity contribution < 1.29 is 0 Å². The van der Waals surface area contributed by atoms with E-state index in [1.54, 1.807) is 0 Å². The summed E-state index contributed by atoms with van der Waals surface area (Å²) in [7, 11) is 0. The molecule has 86 valence electrons. The van der Waals surface area contributed by atoms with Gasteiger partial charge in [0.15, 0.2) is 10.4 Å². The lowest BCUT2D eigenvalue weighted by Gasteiger charge is -2.06. The summed E-state index contributed by atoms with van der Waals surface area (Å²) >= 11 is 5.33. The Morgan fingerprint density at radius 1 is 1.50 bits per heavy atom. The van der Waals surface area contributed by atoms with Crippen LogP contribution in [0.1, 0.15) is 25.8 Å². The van der Waals surface area contributed by atoms with E-state index in [1.807, 2.05) is 12.3 Å². The van der Waals surface area contributed by atoms with Gasteiger partial charge < -0.3 is 9.55 Å². The van der Waals surface area contributed by atoms with Crippen molar-refractivity contribution in [1.29, 1.82) is 0 Å². The SMILES string of the molecule is Cc1ccnc2c1[nH]c(=S)n2CCC(C)C. The number of rotatable bonds is 3. The third kappa shape index (κ3) is 2.02. The second kappa shape index (κ2) is 4.37. The fourth-order valence-corrected chi connectivity index (χ4v) is 2.05. The number of fused-ring (bicyclic) bond motifs is 1. The molecule has 0 aromatic carbocycles. The molecule has 1 N–H and O–H groups in total. The second-order valence-electron chi connectivity index (χ2n) is 4.59. The molecule has 0 saturated heterocycles. The quantitative estimate of drug-likeness (QED) is 0.827. The van der Waals surface area contributed by atoms with Gasteiger partial charge in [-0.25, -0.2) is 4.98 Å². The van der Waals surface area contributed by atoms with Crippen LogP contribution >= 0.6 is 12.2 Å². The fraction of sp³-hybridized carbons (Fsp3) is 0.500. The molecule has 0 bridgehead atoms. The van der Waals surface area contributed by atoms with E-state index in [0.29, 0.717) is 5.92 Å². The van der Waals surface area contributed by atoms with Crippen LogP contribution in [0.15, 0.2) is 12.3 Å². The molecule has 0 radical (unpaired) electrons. The molecule has 0 amide bonds. The molecule has 2 aromatic rings. The predicted octanol–water partition coefficient (Wildman–Crippen LogP) is 3.45. The third-order valence-corrected chi connectivity index (χ3v) is 3.12. The Bertz CT molecular complexity index is 551. The average molecular weight is 235 g/mol. The predicted molar refractivity (Wildman–Crippen MR) is 69.1 cm³/mol. The number of aromatic amines is 1. The minimum Gasteiger partial charge on any atom is -0.329 e. The Morgan fingerprint density at radius 3 is 2.94 bits per heavy atom. The minimum atomic E-state index is 0.677. The summed E-state index contributed by atoms with van der Waals surface area (Å²) in [5.41, 5.74) is 3.24. The zero-order valence-electron chi connectivity index (χ0n) is 9.95. The highest BCUT2D eigenvalue weighted by molar-refractivity contribution is 7.71. The molecule has 3 nitrogen and oxygen atoms in total. The standard InChI is InChI=1S/C12H17N3S/c1-8(2)5-7-15-11-10(14-12(15)16)9(3)4-6-13-11/h4,6,8H,5,7H2,1-3H3,(H,14,16). The first kappa shape index (κ1) is 11.3. The number of aromatic nitrogens is 3. The molecule has 2 heterocycles. The smallest absolute Gasteiger partial charge is 0.179 e. The maximum atomic E-state index is 5.33. The molecular formula is C12H17N3S. The summed E-state index contributed by atoms with van der Waals surface area (Å²) in [5, 5.41) is 0. The van der Waals surface area contributed by atoms with Gasteiger partial charge in [0, 0.05) is 12.7 Å². The number of nitrogens with one attached hydrogen (secondary N) is 1. The highest BCUT2D eigenvalue weighted by Crippen LogP contribution is 2.16. The van der Waals surface area contributed by atoms with Gasteiger partial charge in [-0.3, -0.25) is 0 Å². The van der Waals surface area contributed by atoms with Crippen LogP contribution < -0.4 is 0 Å². The van der Waals surface area contributed by atoms with Gasteiger partial charge in [0.05, 0.1) is 5.52 Å². The van der Waals surface area contributed by atoms with Crippen LogP contribution in [0.2, 0.25) is 0 Å². The van der Waals surface area contributed by atoms with E-state index in [9.17, 15) is 0 Å². The molecule has 2 aromatic heterocycles. The van der Waals surface area contributed by atoms with Crippen LogP contribution in [0.5, 0.6) is 0 Å². The Morgan fingerprint density at radius 2 is 2.25 bits per heavy atom. The van der Waals surface area contributed by atoms with Gasteiger partial charge in [-0.15, -0.1) is 0 Å². The lowest BCUT2D eigenvalue weighted by atomic mass is 10.1. The molecule has 0 aliphatic heterocycles. The molecule has 0 unspecified atom stereocenters. The van der Waals surface area contributed by atoms with Gasteiger partial charge >= 0.3 is 0 Å². The Hall–Kier alpha value is -1.16. The number of nitrogens with zero attached hydrogens (tertiary/aromatic N) is 2. The zero-order chi connectivity index (χ0) is 11.7. The van der Waals surface area contributed by atoms with E-state index in [-0.39, 0.29) is 0 Å². The van der Waals surface area contributed by atoms with Crippen LogP contribution in [0, 0.1) is 17.6 Å². The van der Waals surface area contributed by atoms with Crippen molar-refractivity contribution in [3.63, 3.8) is 0 Å². The first-order chi connectivity index (χ1) is 7.59. The molecule has 0 aliphatic carbocycles. The summed E-state index contributed by atoms with van der Waals surface area (Å²) in [6.45, 7) is 7.45. The second-order valence-corrected chi connectivity index (χ2v) is 4.98. The van der Waals surface area contributed by atoms with Crippen molar-refractivity contribution in [1.82, 2.24) is 14.5 Å². The van der Waals surface area contributed by atoms with Gasteiger partial charge in [0.2, 0.25) is 0 Å². The molecule has 0 saturated carbocycles. The van der Waals surface area contributed by atoms with Crippen molar-refractivity contribution in [2.45, 2.75) is 33.7 Å². The molecule has 16 heavy (non-hydrogen) atoms. The summed E-state index contributed by atoms with van der Waals surface area (Å²) in [6, 6.07) is 2.00. The van der Waals surface area contributed by atoms with Crippen LogP contribution in [0.3, 0.4) is 0 Å². The lowest BCUT2D eigenvalue weighted by Crippen LogP contribution is -2.02.